The lowest BCUT2D eigenvalue weighted by Gasteiger charge is -2.37. The molecular formula is C20H22N2O4. The van der Waals surface area contributed by atoms with Crippen LogP contribution in [0.25, 0.3) is 0 Å². The van der Waals surface area contributed by atoms with Crippen LogP contribution in [0.4, 0.5) is 0 Å². The van der Waals surface area contributed by atoms with Crippen molar-refractivity contribution in [3.63, 3.8) is 0 Å². The first kappa shape index (κ1) is 18.4. The molecule has 3 rings (SSSR count). The molecule has 1 aliphatic heterocycles. The van der Waals surface area contributed by atoms with Crippen molar-refractivity contribution >= 4 is 11.6 Å². The van der Waals surface area contributed by atoms with Gasteiger partial charge in [-0.1, -0.05) is 48.5 Å². The number of carbonyl (C=O) groups excluding carboxylic acids is 2. The Hall–Kier alpha value is -2.38. The lowest BCUT2D eigenvalue weighted by atomic mass is 9.92. The Bertz CT molecular complexity index is 717. The Kier molecular flexibility index (Phi) is 5.58. The summed E-state index contributed by atoms with van der Waals surface area (Å²) < 4.78 is 11.7. The van der Waals surface area contributed by atoms with E-state index < -0.39 is 5.72 Å². The smallest absolute Gasteiger partial charge is 0.175 e. The van der Waals surface area contributed by atoms with Gasteiger partial charge in [0.1, 0.15) is 20.2 Å². The van der Waals surface area contributed by atoms with Crippen molar-refractivity contribution in [1.82, 2.24) is 10.6 Å². The van der Waals surface area contributed by atoms with E-state index in [1.807, 2.05) is 24.3 Å². The molecule has 0 amide bonds. The number of benzene rings is 2. The number of nitrogens with one attached hydrogen (secondary N) is 2. The monoisotopic (exact) mass is 354 g/mol. The molecule has 0 saturated carbocycles. The summed E-state index contributed by atoms with van der Waals surface area (Å²) in [5.74, 6) is 0.0147. The zero-order valence-electron chi connectivity index (χ0n) is 14.9. The largest absolute Gasteiger partial charge is 0.351 e. The Balaban J connectivity index is 2.06. The predicted octanol–water partition coefficient (Wildman–Crippen LogP) is 2.39. The van der Waals surface area contributed by atoms with Crippen LogP contribution >= 0.6 is 0 Å². The van der Waals surface area contributed by atoms with Crippen molar-refractivity contribution in [2.45, 2.75) is 19.6 Å². The average Bonchev–Trinajstić information content (AvgIpc) is 2.62. The van der Waals surface area contributed by atoms with Gasteiger partial charge in [-0.25, -0.2) is 0 Å². The highest BCUT2D eigenvalue weighted by atomic mass is 16.6. The second-order valence-corrected chi connectivity index (χ2v) is 6.16. The molecule has 136 valence electrons. The molecule has 2 aromatic carbocycles. The molecule has 0 spiro atoms. The molecule has 0 aromatic heterocycles. The third kappa shape index (κ3) is 3.73. The highest BCUT2D eigenvalue weighted by molar-refractivity contribution is 5.94. The second kappa shape index (κ2) is 7.88. The second-order valence-electron chi connectivity index (χ2n) is 6.16. The first-order valence-electron chi connectivity index (χ1n) is 8.43. The molecule has 1 aliphatic rings. The fourth-order valence-corrected chi connectivity index (χ4v) is 2.94. The van der Waals surface area contributed by atoms with Gasteiger partial charge in [0.25, 0.3) is 0 Å². The van der Waals surface area contributed by atoms with Crippen LogP contribution in [0.1, 0.15) is 45.7 Å². The maximum Gasteiger partial charge on any atom is 0.175 e. The van der Waals surface area contributed by atoms with Gasteiger partial charge in [0.05, 0.1) is 0 Å². The minimum atomic E-state index is -0.960. The Morgan fingerprint density at radius 3 is 1.77 bits per heavy atom. The highest BCUT2D eigenvalue weighted by Crippen LogP contribution is 2.32. The molecule has 6 heteroatoms. The van der Waals surface area contributed by atoms with Crippen molar-refractivity contribution < 1.29 is 19.1 Å². The minimum absolute atomic E-state index is 0.00737. The third-order valence-electron chi connectivity index (χ3n) is 4.41. The molecule has 6 nitrogen and oxygen atoms in total. The molecule has 2 N–H and O–H groups in total. The summed E-state index contributed by atoms with van der Waals surface area (Å²) in [5.41, 5.74) is 1.99. The summed E-state index contributed by atoms with van der Waals surface area (Å²) in [5, 5.41) is 6.36. The molecule has 1 saturated heterocycles. The van der Waals surface area contributed by atoms with Crippen molar-refractivity contribution in [3.8, 4) is 0 Å². The number of Topliss-reactive ketones (excluding diaryl/α,β-unsaturated/α-hetero) is 2. The highest BCUT2D eigenvalue weighted by Gasteiger charge is 2.36. The van der Waals surface area contributed by atoms with Gasteiger partial charge < -0.3 is 9.47 Å². The number of carbonyl (C=O) groups is 2. The van der Waals surface area contributed by atoms with E-state index in [-0.39, 0.29) is 25.0 Å². The van der Waals surface area contributed by atoms with Crippen LogP contribution in [0, 0.1) is 0 Å². The van der Waals surface area contributed by atoms with Gasteiger partial charge >= 0.3 is 0 Å². The van der Waals surface area contributed by atoms with E-state index in [1.54, 1.807) is 24.3 Å². The van der Waals surface area contributed by atoms with Gasteiger partial charge in [-0.05, 0) is 13.8 Å². The predicted molar refractivity (Wildman–Crippen MR) is 96.7 cm³/mol. The number of rotatable bonds is 4. The molecule has 26 heavy (non-hydrogen) atoms. The fourth-order valence-electron chi connectivity index (χ4n) is 2.94. The van der Waals surface area contributed by atoms with Gasteiger partial charge in [0, 0.05) is 22.3 Å². The van der Waals surface area contributed by atoms with Crippen molar-refractivity contribution in [2.75, 3.05) is 20.2 Å². The number of ketones is 2. The first-order chi connectivity index (χ1) is 12.5. The zero-order chi connectivity index (χ0) is 18.6. The van der Waals surface area contributed by atoms with Crippen LogP contribution in [0.3, 0.4) is 0 Å². The third-order valence-corrected chi connectivity index (χ3v) is 4.41. The summed E-state index contributed by atoms with van der Waals surface area (Å²) in [6.07, 6.45) is 0. The van der Waals surface area contributed by atoms with E-state index in [0.29, 0.717) is 17.9 Å². The van der Waals surface area contributed by atoms with Crippen molar-refractivity contribution in [3.05, 3.63) is 70.8 Å². The molecule has 0 bridgehead atoms. The lowest BCUT2D eigenvalue weighted by molar-refractivity contribution is -0.105. The van der Waals surface area contributed by atoms with Gasteiger partial charge in [-0.15, -0.1) is 0 Å². The Morgan fingerprint density at radius 2 is 1.31 bits per heavy atom. The van der Waals surface area contributed by atoms with E-state index in [2.05, 4.69) is 10.6 Å². The van der Waals surface area contributed by atoms with Crippen LogP contribution in [0.5, 0.6) is 0 Å². The van der Waals surface area contributed by atoms with Crippen LogP contribution in [0.2, 0.25) is 0 Å². The van der Waals surface area contributed by atoms with Crippen LogP contribution < -0.4 is 10.6 Å². The summed E-state index contributed by atoms with van der Waals surface area (Å²) in [6.45, 7) is 4.00. The summed E-state index contributed by atoms with van der Waals surface area (Å²) in [4.78, 5) is 23.2. The number of hydrogen-bond acceptors (Lipinski definition) is 6. The average molecular weight is 354 g/mol. The molecule has 0 aliphatic carbocycles. The van der Waals surface area contributed by atoms with Crippen LogP contribution in [-0.4, -0.2) is 31.8 Å². The van der Waals surface area contributed by atoms with E-state index in [4.69, 9.17) is 9.47 Å². The normalized spacial score (nSPS) is 17.2. The molecular weight excluding hydrogens is 332 g/mol. The molecule has 1 heterocycles. The number of ether oxygens (including phenoxy) is 2. The van der Waals surface area contributed by atoms with Gasteiger partial charge in [-0.2, -0.15) is 0 Å². The standard InChI is InChI=1S/C20H22N2O4/c1-14(23)16-3-7-18(8-4-16)20(22-13-25-11-21-12-26-20)19-9-5-17(6-10-19)15(2)24/h3-10,21-22H,11-13H2,1-2H3. The maximum absolute atomic E-state index is 11.6. The molecule has 0 radical (unpaired) electrons. The van der Waals surface area contributed by atoms with Gasteiger partial charge in [-0.3, -0.25) is 20.2 Å². The molecule has 0 atom stereocenters. The lowest BCUT2D eigenvalue weighted by Crippen LogP contribution is -2.50. The number of hydrogen-bond donors (Lipinski definition) is 2. The van der Waals surface area contributed by atoms with Crippen LogP contribution in [0.15, 0.2) is 48.5 Å². The summed E-state index contributed by atoms with van der Waals surface area (Å²) >= 11 is 0. The Labute approximate surface area is 152 Å². The molecule has 1 fully saturated rings. The van der Waals surface area contributed by atoms with E-state index in [0.717, 1.165) is 11.1 Å². The quantitative estimate of drug-likeness (QED) is 0.821. The maximum atomic E-state index is 11.6. The Morgan fingerprint density at radius 1 is 0.808 bits per heavy atom. The summed E-state index contributed by atoms with van der Waals surface area (Å²) in [6, 6.07) is 14.6. The van der Waals surface area contributed by atoms with E-state index in [1.165, 1.54) is 13.8 Å². The van der Waals surface area contributed by atoms with E-state index in [9.17, 15) is 9.59 Å². The van der Waals surface area contributed by atoms with Crippen molar-refractivity contribution in [1.29, 1.82) is 0 Å². The minimum Gasteiger partial charge on any atom is -0.351 e. The van der Waals surface area contributed by atoms with Gasteiger partial charge in [0.15, 0.2) is 17.3 Å². The zero-order valence-corrected chi connectivity index (χ0v) is 14.9. The molecule has 2 aromatic rings. The topological polar surface area (TPSA) is 76.7 Å². The fraction of sp³-hybridized carbons (Fsp3) is 0.300. The molecule has 0 unspecified atom stereocenters. The SMILES string of the molecule is CC(=O)c1ccc(C2(c3ccc(C(C)=O)cc3)NCOCNCO2)cc1. The van der Waals surface area contributed by atoms with Gasteiger partial charge in [0.2, 0.25) is 0 Å². The van der Waals surface area contributed by atoms with Crippen molar-refractivity contribution in [2.24, 2.45) is 0 Å². The first-order valence-corrected chi connectivity index (χ1v) is 8.43. The van der Waals surface area contributed by atoms with E-state index >= 15 is 0 Å². The summed E-state index contributed by atoms with van der Waals surface area (Å²) in [7, 11) is 0. The van der Waals surface area contributed by atoms with Crippen LogP contribution in [-0.2, 0) is 15.2 Å².